The second-order valence-electron chi connectivity index (χ2n) is 8.98. The summed E-state index contributed by atoms with van der Waals surface area (Å²) in [4.78, 5) is 50.2. The van der Waals surface area contributed by atoms with E-state index in [0.29, 0.717) is 34.4 Å². The molecule has 0 radical (unpaired) electrons. The van der Waals surface area contributed by atoms with Gasteiger partial charge in [-0.25, -0.2) is 0 Å². The first-order valence-corrected chi connectivity index (χ1v) is 13.3. The van der Waals surface area contributed by atoms with Crippen LogP contribution in [0.25, 0.3) is 0 Å². The van der Waals surface area contributed by atoms with E-state index in [4.69, 9.17) is 32.7 Å². The van der Waals surface area contributed by atoms with Gasteiger partial charge in [-0.05, 0) is 66.7 Å². The molecule has 0 aromatic heterocycles. The molecule has 4 aromatic rings. The van der Waals surface area contributed by atoms with Gasteiger partial charge in [0.2, 0.25) is 11.8 Å². The number of fused-ring (bicyclic) bond motifs is 2. The number of hydrogen-bond donors (Lipinski definition) is 4. The first-order chi connectivity index (χ1) is 20.2. The van der Waals surface area contributed by atoms with Crippen molar-refractivity contribution < 1.29 is 28.7 Å². The lowest BCUT2D eigenvalue weighted by molar-refractivity contribution is -0.116. The van der Waals surface area contributed by atoms with Gasteiger partial charge in [0.1, 0.15) is 11.5 Å². The minimum absolute atomic E-state index is 0.159. The minimum atomic E-state index is -0.564. The monoisotopic (exact) mass is 604 g/mol. The highest BCUT2D eigenvalue weighted by molar-refractivity contribution is 6.32. The number of carbonyl (C=O) groups is 4. The van der Waals surface area contributed by atoms with E-state index in [1.165, 1.54) is 36.4 Å². The maximum Gasteiger partial charge on any atom is 0.251 e. The van der Waals surface area contributed by atoms with E-state index in [9.17, 15) is 19.2 Å². The molecule has 0 spiro atoms. The van der Waals surface area contributed by atoms with Crippen molar-refractivity contribution in [2.45, 2.75) is 0 Å². The number of anilines is 2. The van der Waals surface area contributed by atoms with Crippen molar-refractivity contribution in [3.05, 3.63) is 106 Å². The van der Waals surface area contributed by atoms with Crippen molar-refractivity contribution >= 4 is 58.2 Å². The number of halogens is 2. The van der Waals surface area contributed by atoms with Crippen LogP contribution < -0.4 is 30.7 Å². The summed E-state index contributed by atoms with van der Waals surface area (Å²) in [5.41, 5.74) is 1.09. The van der Waals surface area contributed by atoms with Gasteiger partial charge in [-0.1, -0.05) is 41.4 Å². The van der Waals surface area contributed by atoms with Gasteiger partial charge in [0.25, 0.3) is 11.8 Å². The van der Waals surface area contributed by atoms with Crippen LogP contribution in [0.2, 0.25) is 10.0 Å². The van der Waals surface area contributed by atoms with Crippen molar-refractivity contribution in [3.8, 4) is 23.0 Å². The van der Waals surface area contributed by atoms with Gasteiger partial charge < -0.3 is 30.7 Å². The standard InChI is InChI=1S/C30H22Cl2N4O6/c31-21-13-19-8-10-23(21)41-25-6-1-2-7-26(25)42-24-11-9-20(14-22(24)32)36-28(38)16-34-30(40)18-5-3-4-17(12-18)29(39)33-15-27(37)35-19/h1-14H,15-16H2,(H,33,39)(H,34,40)(H,35,37)(H,36,38). The van der Waals surface area contributed by atoms with Crippen molar-refractivity contribution in [1.82, 2.24) is 10.6 Å². The molecule has 4 N–H and O–H groups in total. The number of benzene rings is 4. The van der Waals surface area contributed by atoms with Gasteiger partial charge in [-0.3, -0.25) is 19.2 Å². The molecule has 6 bridgehead atoms. The SMILES string of the molecule is O=C1CNC(=O)c2cccc(c2)C(=O)NCC(=O)Nc2ccc(c(Cl)c2)Oc2ccccc2Oc2ccc(cc2Cl)N1. The molecule has 10 nitrogen and oxygen atoms in total. The van der Waals surface area contributed by atoms with Gasteiger partial charge in [-0.2, -0.15) is 0 Å². The van der Waals surface area contributed by atoms with Crippen LogP contribution in [0.4, 0.5) is 11.4 Å². The van der Waals surface area contributed by atoms with Gasteiger partial charge >= 0.3 is 0 Å². The fraction of sp³-hybridized carbons (Fsp3) is 0.0667. The Labute approximate surface area is 249 Å². The fourth-order valence-electron chi connectivity index (χ4n) is 3.92. The summed E-state index contributed by atoms with van der Waals surface area (Å²) in [6, 6.07) is 22.1. The molecule has 0 saturated carbocycles. The van der Waals surface area contributed by atoms with Crippen LogP contribution in [0.5, 0.6) is 23.0 Å². The van der Waals surface area contributed by atoms with Crippen molar-refractivity contribution in [1.29, 1.82) is 0 Å². The average Bonchev–Trinajstić information content (AvgIpc) is 2.98. The Morgan fingerprint density at radius 1 is 0.524 bits per heavy atom. The zero-order valence-electron chi connectivity index (χ0n) is 21.7. The Morgan fingerprint density at radius 3 is 1.40 bits per heavy atom. The molecule has 42 heavy (non-hydrogen) atoms. The highest BCUT2D eigenvalue weighted by Gasteiger charge is 2.16. The number of ether oxygens (including phenoxy) is 2. The molecule has 0 saturated heterocycles. The largest absolute Gasteiger partial charge is 0.452 e. The second-order valence-corrected chi connectivity index (χ2v) is 9.80. The molecule has 7 rings (SSSR count). The van der Waals surface area contributed by atoms with Crippen molar-refractivity contribution in [2.75, 3.05) is 23.7 Å². The Balaban J connectivity index is 1.44. The lowest BCUT2D eigenvalue weighted by Gasteiger charge is -2.15. The van der Waals surface area contributed by atoms with Gasteiger partial charge in [-0.15, -0.1) is 0 Å². The van der Waals surface area contributed by atoms with E-state index in [-0.39, 0.29) is 34.3 Å². The number of rotatable bonds is 0. The number of nitrogens with one attached hydrogen (secondary N) is 4. The Hall–Kier alpha value is -5.06. The summed E-state index contributed by atoms with van der Waals surface area (Å²) in [6.07, 6.45) is 0. The summed E-state index contributed by atoms with van der Waals surface area (Å²) in [6.45, 7) is -0.670. The summed E-state index contributed by atoms with van der Waals surface area (Å²) in [5, 5.41) is 10.8. The van der Waals surface area contributed by atoms with Crippen molar-refractivity contribution in [2.24, 2.45) is 0 Å². The zero-order chi connectivity index (χ0) is 29.6. The van der Waals surface area contributed by atoms with E-state index < -0.39 is 23.6 Å². The van der Waals surface area contributed by atoms with E-state index >= 15 is 0 Å². The number of carbonyl (C=O) groups excluding carboxylic acids is 4. The van der Waals surface area contributed by atoms with Crippen LogP contribution in [0.1, 0.15) is 20.7 Å². The normalized spacial score (nSPS) is 14.1. The minimum Gasteiger partial charge on any atom is -0.452 e. The Bertz CT molecular complexity index is 1590. The highest BCUT2D eigenvalue weighted by atomic mass is 35.5. The van der Waals surface area contributed by atoms with Crippen LogP contribution in [-0.2, 0) is 9.59 Å². The topological polar surface area (TPSA) is 135 Å². The van der Waals surface area contributed by atoms with E-state index in [1.807, 2.05) is 0 Å². The van der Waals surface area contributed by atoms with E-state index in [2.05, 4.69) is 21.3 Å². The smallest absolute Gasteiger partial charge is 0.251 e. The van der Waals surface area contributed by atoms with Crippen LogP contribution in [0.15, 0.2) is 84.9 Å². The number of para-hydroxylation sites is 2. The highest BCUT2D eigenvalue weighted by Crippen LogP contribution is 2.40. The van der Waals surface area contributed by atoms with Crippen LogP contribution in [0.3, 0.4) is 0 Å². The van der Waals surface area contributed by atoms with E-state index in [0.717, 1.165) is 0 Å². The maximum absolute atomic E-state index is 12.6. The summed E-state index contributed by atoms with van der Waals surface area (Å²) in [7, 11) is 0. The number of hydrogen-bond acceptors (Lipinski definition) is 6. The molecule has 0 fully saturated rings. The van der Waals surface area contributed by atoms with Crippen molar-refractivity contribution in [3.63, 3.8) is 0 Å². The molecule has 4 aromatic carbocycles. The maximum atomic E-state index is 12.6. The van der Waals surface area contributed by atoms with Crippen LogP contribution in [-0.4, -0.2) is 36.7 Å². The number of amides is 4. The predicted octanol–water partition coefficient (Wildman–Crippen LogP) is 5.63. The molecule has 3 aliphatic heterocycles. The Morgan fingerprint density at radius 2 is 0.976 bits per heavy atom. The quantitative estimate of drug-likeness (QED) is 0.205. The predicted molar refractivity (Wildman–Crippen MR) is 158 cm³/mol. The summed E-state index contributed by atoms with van der Waals surface area (Å²) < 4.78 is 12.0. The lowest BCUT2D eigenvalue weighted by atomic mass is 10.1. The summed E-state index contributed by atoms with van der Waals surface area (Å²) in [5.74, 6) is -0.833. The molecule has 3 aliphatic rings. The fourth-order valence-corrected chi connectivity index (χ4v) is 4.35. The zero-order valence-corrected chi connectivity index (χ0v) is 23.2. The molecule has 0 unspecified atom stereocenters. The third-order valence-electron chi connectivity index (χ3n) is 5.93. The van der Waals surface area contributed by atoms with Crippen LogP contribution >= 0.6 is 23.2 Å². The first-order valence-electron chi connectivity index (χ1n) is 12.5. The molecule has 4 amide bonds. The van der Waals surface area contributed by atoms with Gasteiger partial charge in [0.15, 0.2) is 11.5 Å². The van der Waals surface area contributed by atoms with Gasteiger partial charge in [0, 0.05) is 22.5 Å². The van der Waals surface area contributed by atoms with E-state index in [1.54, 1.807) is 48.5 Å². The molecule has 212 valence electrons. The molecular formula is C30H22Cl2N4O6. The average molecular weight is 605 g/mol. The molecular weight excluding hydrogens is 583 g/mol. The third kappa shape index (κ3) is 6.98. The lowest BCUT2D eigenvalue weighted by Crippen LogP contribution is -2.34. The molecule has 0 atom stereocenters. The molecule has 0 aliphatic carbocycles. The molecule has 3 heterocycles. The summed E-state index contributed by atoms with van der Waals surface area (Å²) >= 11 is 12.9. The first kappa shape index (κ1) is 28.5. The van der Waals surface area contributed by atoms with Crippen LogP contribution in [0, 0.1) is 0 Å². The molecule has 12 heteroatoms. The Kier molecular flexibility index (Phi) is 8.56. The van der Waals surface area contributed by atoms with Gasteiger partial charge in [0.05, 0.1) is 23.1 Å². The second kappa shape index (κ2) is 12.6. The third-order valence-corrected chi connectivity index (χ3v) is 6.52.